The van der Waals surface area contributed by atoms with Gasteiger partial charge in [0.2, 0.25) is 0 Å². The first-order valence-corrected chi connectivity index (χ1v) is 10.5. The molecule has 1 saturated heterocycles. The van der Waals surface area contributed by atoms with Crippen LogP contribution in [0.5, 0.6) is 0 Å². The molecule has 0 radical (unpaired) electrons. The van der Waals surface area contributed by atoms with Crippen molar-refractivity contribution in [3.8, 4) is 0 Å². The maximum Gasteiger partial charge on any atom is 0.323 e. The third-order valence-corrected chi connectivity index (χ3v) is 7.39. The molecule has 1 aliphatic heterocycles. The van der Waals surface area contributed by atoms with Crippen molar-refractivity contribution in [1.82, 2.24) is 0 Å². The summed E-state index contributed by atoms with van der Waals surface area (Å²) in [6.07, 6.45) is 7.43. The minimum Gasteiger partial charge on any atom is -0.314 e. The molecule has 4 aliphatic carbocycles. The molecule has 0 aromatic heterocycles. The van der Waals surface area contributed by atoms with Gasteiger partial charge in [0.05, 0.1) is 0 Å². The molecule has 0 N–H and O–H groups in total. The number of hydrogen-bond acceptors (Lipinski definition) is 5. The van der Waals surface area contributed by atoms with Crippen LogP contribution < -0.4 is 0 Å². The molecule has 4 bridgehead atoms. The second-order valence-electron chi connectivity index (χ2n) is 8.33. The standard InChI is InChI=1S/C19H25O5P/c1-21-25(20)24-19(16-5-3-2-4-6-16)22-17(23-19)18-10-13-7-14(11-18)9-15(8-13)12-18/h2-6,13-15,17,25H,7-12H2,1H3. The maximum atomic E-state index is 11.9. The summed E-state index contributed by atoms with van der Waals surface area (Å²) in [5, 5.41) is 0. The molecule has 1 atom stereocenters. The largest absolute Gasteiger partial charge is 0.323 e. The first-order chi connectivity index (χ1) is 12.1. The van der Waals surface area contributed by atoms with Crippen LogP contribution in [0.2, 0.25) is 0 Å². The van der Waals surface area contributed by atoms with E-state index < -0.39 is 14.2 Å². The Hall–Kier alpha value is -0.710. The lowest BCUT2D eigenvalue weighted by molar-refractivity contribution is -0.558. The van der Waals surface area contributed by atoms with E-state index in [0.717, 1.165) is 23.3 Å². The molecule has 136 valence electrons. The first kappa shape index (κ1) is 16.5. The van der Waals surface area contributed by atoms with Crippen LogP contribution in [0.15, 0.2) is 30.3 Å². The van der Waals surface area contributed by atoms with Gasteiger partial charge in [-0.3, -0.25) is 14.0 Å². The van der Waals surface area contributed by atoms with E-state index >= 15 is 0 Å². The van der Waals surface area contributed by atoms with Crippen molar-refractivity contribution in [2.24, 2.45) is 23.2 Å². The molecule has 1 unspecified atom stereocenters. The summed E-state index contributed by atoms with van der Waals surface area (Å²) in [6.45, 7) is 0. The van der Waals surface area contributed by atoms with Gasteiger partial charge in [-0.15, -0.1) is 0 Å². The second-order valence-corrected chi connectivity index (χ2v) is 9.44. The average molecular weight is 364 g/mol. The van der Waals surface area contributed by atoms with Gasteiger partial charge in [0, 0.05) is 18.1 Å². The molecule has 0 spiro atoms. The monoisotopic (exact) mass is 364 g/mol. The molecular weight excluding hydrogens is 339 g/mol. The van der Waals surface area contributed by atoms with Crippen LogP contribution in [0.1, 0.15) is 44.1 Å². The van der Waals surface area contributed by atoms with Crippen molar-refractivity contribution in [2.75, 3.05) is 7.11 Å². The van der Waals surface area contributed by atoms with Gasteiger partial charge in [-0.2, -0.15) is 0 Å². The molecule has 6 heteroatoms. The fraction of sp³-hybridized carbons (Fsp3) is 0.684. The lowest BCUT2D eigenvalue weighted by atomic mass is 9.49. The zero-order chi connectivity index (χ0) is 17.1. The van der Waals surface area contributed by atoms with Gasteiger partial charge in [-0.1, -0.05) is 30.3 Å². The lowest BCUT2D eigenvalue weighted by Gasteiger charge is -2.62. The van der Waals surface area contributed by atoms with Gasteiger partial charge in [0.25, 0.3) is 0 Å². The van der Waals surface area contributed by atoms with E-state index in [1.807, 2.05) is 30.3 Å². The van der Waals surface area contributed by atoms with Gasteiger partial charge < -0.3 is 4.52 Å². The van der Waals surface area contributed by atoms with Crippen LogP contribution in [-0.2, 0) is 29.1 Å². The molecular formula is C19H25O5P. The van der Waals surface area contributed by atoms with Crippen molar-refractivity contribution < 1.29 is 23.1 Å². The van der Waals surface area contributed by atoms with E-state index in [1.165, 1.54) is 45.6 Å². The molecule has 1 aromatic rings. The topological polar surface area (TPSA) is 54.0 Å². The molecule has 5 nitrogen and oxygen atoms in total. The summed E-state index contributed by atoms with van der Waals surface area (Å²) in [5.74, 6) is 1.08. The number of hydrogen-bond donors (Lipinski definition) is 0. The van der Waals surface area contributed by atoms with Crippen LogP contribution in [-0.4, -0.2) is 13.4 Å². The molecule has 5 fully saturated rings. The number of rotatable bonds is 5. The van der Waals surface area contributed by atoms with Crippen LogP contribution in [0.25, 0.3) is 0 Å². The summed E-state index contributed by atoms with van der Waals surface area (Å²) in [6, 6.07) is 9.47. The molecule has 0 amide bonds. The summed E-state index contributed by atoms with van der Waals surface area (Å²) in [5.41, 5.74) is 0.838. The second kappa shape index (κ2) is 5.90. The van der Waals surface area contributed by atoms with Crippen LogP contribution in [0.3, 0.4) is 0 Å². The predicted molar refractivity (Wildman–Crippen MR) is 91.8 cm³/mol. The van der Waals surface area contributed by atoms with Crippen molar-refractivity contribution >= 4 is 8.25 Å². The fourth-order valence-electron chi connectivity index (χ4n) is 6.04. The van der Waals surface area contributed by atoms with Crippen molar-refractivity contribution in [3.63, 3.8) is 0 Å². The summed E-state index contributed by atoms with van der Waals surface area (Å²) < 4.78 is 34.9. The molecule has 25 heavy (non-hydrogen) atoms. The number of ether oxygens (including phenoxy) is 2. The maximum absolute atomic E-state index is 11.9. The van der Waals surface area contributed by atoms with E-state index in [1.54, 1.807) is 0 Å². The van der Waals surface area contributed by atoms with Gasteiger partial charge in [0.15, 0.2) is 6.29 Å². The normalized spacial score (nSPS) is 46.0. The van der Waals surface area contributed by atoms with Gasteiger partial charge in [-0.25, -0.2) is 4.52 Å². The Labute approximate surface area is 148 Å². The quantitative estimate of drug-likeness (QED) is 0.723. The molecule has 1 heterocycles. The Kier molecular flexibility index (Phi) is 3.88. The Morgan fingerprint density at radius 3 is 2.08 bits per heavy atom. The van der Waals surface area contributed by atoms with Gasteiger partial charge in [-0.05, 0) is 56.3 Å². The van der Waals surface area contributed by atoms with Crippen LogP contribution >= 0.6 is 8.25 Å². The Bertz CT molecular complexity index is 634. The SMILES string of the molecule is CO[PH](=O)OC1(c2ccccc2)OC(C23CC4CC(CC(C4)C2)C3)O1. The van der Waals surface area contributed by atoms with E-state index in [-0.39, 0.29) is 11.7 Å². The first-order valence-electron chi connectivity index (χ1n) is 9.29. The third kappa shape index (κ3) is 2.64. The average Bonchev–Trinajstić information content (AvgIpc) is 2.57. The highest BCUT2D eigenvalue weighted by Crippen LogP contribution is 2.65. The minimum atomic E-state index is -2.67. The van der Waals surface area contributed by atoms with E-state index in [0.29, 0.717) is 0 Å². The van der Waals surface area contributed by atoms with E-state index in [2.05, 4.69) is 0 Å². The minimum absolute atomic E-state index is 0.110. The fourth-order valence-corrected chi connectivity index (χ4v) is 6.56. The van der Waals surface area contributed by atoms with E-state index in [9.17, 15) is 4.57 Å². The highest BCUT2D eigenvalue weighted by molar-refractivity contribution is 7.33. The van der Waals surface area contributed by atoms with E-state index in [4.69, 9.17) is 18.5 Å². The smallest absolute Gasteiger partial charge is 0.314 e. The van der Waals surface area contributed by atoms with Crippen LogP contribution in [0, 0.1) is 23.2 Å². The summed E-state index contributed by atoms with van der Waals surface area (Å²) in [7, 11) is -1.30. The third-order valence-electron chi connectivity index (χ3n) is 6.62. The Morgan fingerprint density at radius 1 is 1.00 bits per heavy atom. The molecule has 4 saturated carbocycles. The number of benzene rings is 1. The van der Waals surface area contributed by atoms with Crippen molar-refractivity contribution in [2.45, 2.75) is 50.8 Å². The Morgan fingerprint density at radius 2 is 1.56 bits per heavy atom. The predicted octanol–water partition coefficient (Wildman–Crippen LogP) is 4.44. The lowest BCUT2D eigenvalue weighted by Crippen LogP contribution is -2.63. The van der Waals surface area contributed by atoms with Crippen molar-refractivity contribution in [3.05, 3.63) is 35.9 Å². The molecule has 5 aliphatic rings. The zero-order valence-corrected chi connectivity index (χ0v) is 15.5. The van der Waals surface area contributed by atoms with Gasteiger partial charge >= 0.3 is 14.2 Å². The molecule has 6 rings (SSSR count). The summed E-state index contributed by atoms with van der Waals surface area (Å²) in [4.78, 5) is 0. The highest BCUT2D eigenvalue weighted by Gasteiger charge is 2.64. The van der Waals surface area contributed by atoms with Crippen molar-refractivity contribution in [1.29, 1.82) is 0 Å². The van der Waals surface area contributed by atoms with Gasteiger partial charge in [0.1, 0.15) is 0 Å². The molecule has 1 aromatic carbocycles. The van der Waals surface area contributed by atoms with Crippen LogP contribution in [0.4, 0.5) is 0 Å². The zero-order valence-electron chi connectivity index (χ0n) is 14.5. The Balaban J connectivity index is 1.39. The summed E-state index contributed by atoms with van der Waals surface area (Å²) >= 11 is 0. The highest BCUT2D eigenvalue weighted by atomic mass is 31.1.